The van der Waals surface area contributed by atoms with Crippen molar-refractivity contribution in [2.24, 2.45) is 21.5 Å². The van der Waals surface area contributed by atoms with Crippen molar-refractivity contribution in [3.05, 3.63) is 28.8 Å². The third kappa shape index (κ3) is 3.25. The second-order valence-electron chi connectivity index (χ2n) is 7.48. The quantitative estimate of drug-likeness (QED) is 0.813. The Hall–Kier alpha value is -2.28. The number of amides is 1. The number of hydrogen-bond acceptors (Lipinski definition) is 6. The summed E-state index contributed by atoms with van der Waals surface area (Å²) < 4.78 is 0. The van der Waals surface area contributed by atoms with Gasteiger partial charge in [-0.25, -0.2) is 4.99 Å². The number of nitrogens with two attached hydrogens (primary N) is 2. The lowest BCUT2D eigenvalue weighted by atomic mass is 9.87. The van der Waals surface area contributed by atoms with Crippen LogP contribution in [0.2, 0.25) is 5.02 Å². The number of anilines is 1. The molecular weight excluding hydrogens is 364 g/mol. The van der Waals surface area contributed by atoms with Crippen LogP contribution in [-0.2, 0) is 0 Å². The van der Waals surface area contributed by atoms with Crippen molar-refractivity contribution in [3.8, 4) is 0 Å². The van der Waals surface area contributed by atoms with Gasteiger partial charge in [-0.2, -0.15) is 4.99 Å². The lowest BCUT2D eigenvalue weighted by Crippen LogP contribution is -2.58. The molecule has 8 heteroatoms. The second kappa shape index (κ2) is 7.03. The minimum absolute atomic E-state index is 0.0265. The summed E-state index contributed by atoms with van der Waals surface area (Å²) in [4.78, 5) is 25.5. The minimum Gasteiger partial charge on any atom is -0.369 e. The molecule has 0 radical (unpaired) electrons. The summed E-state index contributed by atoms with van der Waals surface area (Å²) in [5, 5.41) is 0.520. The van der Waals surface area contributed by atoms with Crippen molar-refractivity contribution in [2.45, 2.75) is 50.6 Å². The Bertz CT molecular complexity index is 808. The molecule has 1 spiro atoms. The van der Waals surface area contributed by atoms with Crippen molar-refractivity contribution < 1.29 is 4.79 Å². The molecule has 1 saturated heterocycles. The van der Waals surface area contributed by atoms with Gasteiger partial charge in [-0.15, -0.1) is 0 Å². The molecular formula is C19H25ClN6O. The van der Waals surface area contributed by atoms with Gasteiger partial charge in [0.15, 0.2) is 0 Å². The van der Waals surface area contributed by atoms with E-state index >= 15 is 0 Å². The van der Waals surface area contributed by atoms with Crippen LogP contribution in [0.5, 0.6) is 0 Å². The number of likely N-dealkylation sites (tertiary alicyclic amines) is 1. The molecule has 1 aromatic carbocycles. The van der Waals surface area contributed by atoms with Gasteiger partial charge in [-0.3, -0.25) is 9.69 Å². The highest BCUT2D eigenvalue weighted by molar-refractivity contribution is 6.34. The lowest BCUT2D eigenvalue weighted by Gasteiger charge is -2.46. The molecule has 144 valence electrons. The molecule has 1 aromatic rings. The zero-order valence-electron chi connectivity index (χ0n) is 15.3. The minimum atomic E-state index is -0.576. The number of hydrogen-bond donors (Lipinski definition) is 2. The zero-order chi connectivity index (χ0) is 19.0. The first-order valence-corrected chi connectivity index (χ1v) is 9.96. The Kier molecular flexibility index (Phi) is 4.72. The molecule has 1 saturated carbocycles. The fourth-order valence-corrected chi connectivity index (χ4v) is 4.59. The molecule has 27 heavy (non-hydrogen) atoms. The van der Waals surface area contributed by atoms with Crippen molar-refractivity contribution in [1.82, 2.24) is 4.90 Å². The number of guanidine groups is 2. The van der Waals surface area contributed by atoms with Gasteiger partial charge in [0.2, 0.25) is 11.9 Å². The van der Waals surface area contributed by atoms with Crippen LogP contribution in [0.3, 0.4) is 0 Å². The summed E-state index contributed by atoms with van der Waals surface area (Å²) in [5.74, 6) is 0.502. The van der Waals surface area contributed by atoms with E-state index in [0.717, 1.165) is 58.0 Å². The Morgan fingerprint density at radius 1 is 1.07 bits per heavy atom. The summed E-state index contributed by atoms with van der Waals surface area (Å²) in [6.07, 6.45) is 6.97. The largest absolute Gasteiger partial charge is 0.369 e. The highest BCUT2D eigenvalue weighted by Crippen LogP contribution is 2.42. The number of rotatable bonds is 2. The monoisotopic (exact) mass is 388 g/mol. The number of benzene rings is 1. The maximum absolute atomic E-state index is 12.8. The van der Waals surface area contributed by atoms with Crippen LogP contribution >= 0.6 is 11.6 Å². The van der Waals surface area contributed by atoms with Crippen LogP contribution in [0.1, 0.15) is 55.3 Å². The first kappa shape index (κ1) is 18.1. The van der Waals surface area contributed by atoms with Gasteiger partial charge in [0.05, 0.1) is 10.7 Å². The third-order valence-electron chi connectivity index (χ3n) is 5.68. The Labute approximate surface area is 164 Å². The number of nitrogens with zero attached hydrogens (tertiary/aromatic N) is 4. The average Bonchev–Trinajstić information content (AvgIpc) is 3.17. The Balaban J connectivity index is 1.75. The standard InChI is InChI=1S/C19H25ClN6O/c20-14-7-6-13(16(27)25-10-4-5-11-25)12-15(14)26-18(22)23-17(21)24-19(26)8-2-1-3-9-19/h6-7,12H,1-5,8-11H2,(H4,21,22,23,24). The first-order chi connectivity index (χ1) is 13.0. The van der Waals surface area contributed by atoms with Gasteiger partial charge in [-0.05, 0) is 56.7 Å². The maximum atomic E-state index is 12.8. The van der Waals surface area contributed by atoms with Gasteiger partial charge in [0.1, 0.15) is 5.66 Å². The molecule has 4 N–H and O–H groups in total. The van der Waals surface area contributed by atoms with Gasteiger partial charge in [0.25, 0.3) is 5.91 Å². The van der Waals surface area contributed by atoms with Gasteiger partial charge in [0, 0.05) is 18.7 Å². The highest BCUT2D eigenvalue weighted by Gasteiger charge is 2.43. The molecule has 7 nitrogen and oxygen atoms in total. The normalized spacial score (nSPS) is 22.0. The van der Waals surface area contributed by atoms with Crippen molar-refractivity contribution in [2.75, 3.05) is 18.0 Å². The van der Waals surface area contributed by atoms with E-state index in [4.69, 9.17) is 23.1 Å². The third-order valence-corrected chi connectivity index (χ3v) is 6.00. The van der Waals surface area contributed by atoms with Gasteiger partial charge < -0.3 is 16.4 Å². The molecule has 0 atom stereocenters. The van der Waals surface area contributed by atoms with Crippen LogP contribution in [0.25, 0.3) is 0 Å². The molecule has 0 bridgehead atoms. The van der Waals surface area contributed by atoms with E-state index in [9.17, 15) is 4.79 Å². The van der Waals surface area contributed by atoms with E-state index in [2.05, 4.69) is 9.98 Å². The summed E-state index contributed by atoms with van der Waals surface area (Å²) in [5.41, 5.74) is 12.9. The predicted octanol–water partition coefficient (Wildman–Crippen LogP) is 2.69. The predicted molar refractivity (Wildman–Crippen MR) is 108 cm³/mol. The van der Waals surface area contributed by atoms with Crippen LogP contribution < -0.4 is 16.4 Å². The summed E-state index contributed by atoms with van der Waals surface area (Å²) in [6.45, 7) is 1.60. The number of carbonyl (C=O) groups excluding carboxylic acids is 1. The van der Waals surface area contributed by atoms with Crippen molar-refractivity contribution in [3.63, 3.8) is 0 Å². The smallest absolute Gasteiger partial charge is 0.253 e. The van der Waals surface area contributed by atoms with Gasteiger partial charge in [-0.1, -0.05) is 18.0 Å². The van der Waals surface area contributed by atoms with E-state index < -0.39 is 5.66 Å². The SMILES string of the molecule is NC1=NC2(CCCCC2)N(c2cc(C(=O)N3CCCC3)ccc2Cl)C(N)=N1. The highest BCUT2D eigenvalue weighted by atomic mass is 35.5. The number of aliphatic imine (C=N–C) groups is 2. The first-order valence-electron chi connectivity index (χ1n) is 9.59. The second-order valence-corrected chi connectivity index (χ2v) is 7.89. The van der Waals surface area contributed by atoms with E-state index in [-0.39, 0.29) is 17.8 Å². The van der Waals surface area contributed by atoms with E-state index in [1.807, 2.05) is 15.9 Å². The van der Waals surface area contributed by atoms with Gasteiger partial charge >= 0.3 is 0 Å². The van der Waals surface area contributed by atoms with E-state index in [1.165, 1.54) is 0 Å². The molecule has 0 aromatic heterocycles. The Morgan fingerprint density at radius 3 is 2.48 bits per heavy atom. The fourth-order valence-electron chi connectivity index (χ4n) is 4.39. The van der Waals surface area contributed by atoms with Crippen LogP contribution in [-0.4, -0.2) is 41.5 Å². The lowest BCUT2D eigenvalue weighted by molar-refractivity contribution is 0.0793. The molecule has 2 aliphatic heterocycles. The van der Waals surface area contributed by atoms with Crippen molar-refractivity contribution >= 4 is 35.1 Å². The summed E-state index contributed by atoms with van der Waals surface area (Å²) >= 11 is 6.54. The Morgan fingerprint density at radius 2 is 1.78 bits per heavy atom. The summed E-state index contributed by atoms with van der Waals surface area (Å²) in [7, 11) is 0. The maximum Gasteiger partial charge on any atom is 0.253 e. The molecule has 0 unspecified atom stereocenters. The molecule has 2 heterocycles. The zero-order valence-corrected chi connectivity index (χ0v) is 16.1. The molecule has 1 amide bonds. The van der Waals surface area contributed by atoms with Crippen LogP contribution in [0, 0.1) is 0 Å². The van der Waals surface area contributed by atoms with Crippen molar-refractivity contribution in [1.29, 1.82) is 0 Å². The van der Waals surface area contributed by atoms with E-state index in [0.29, 0.717) is 16.3 Å². The van der Waals surface area contributed by atoms with Crippen LogP contribution in [0.15, 0.2) is 28.2 Å². The fraction of sp³-hybridized carbons (Fsp3) is 0.526. The molecule has 2 fully saturated rings. The molecule has 4 rings (SSSR count). The average molecular weight is 389 g/mol. The van der Waals surface area contributed by atoms with E-state index in [1.54, 1.807) is 12.1 Å². The molecule has 1 aliphatic carbocycles. The number of halogens is 1. The molecule has 3 aliphatic rings. The van der Waals surface area contributed by atoms with Crippen LogP contribution in [0.4, 0.5) is 5.69 Å². The topological polar surface area (TPSA) is 100 Å². The summed E-state index contributed by atoms with van der Waals surface area (Å²) in [6, 6.07) is 5.35. The number of carbonyl (C=O) groups is 1.